The number of nitrogens with zero attached hydrogens (tertiary/aromatic N) is 1. The molecule has 1 heterocycles. The van der Waals surface area contributed by atoms with E-state index >= 15 is 0 Å². The molecule has 1 aromatic carbocycles. The van der Waals surface area contributed by atoms with E-state index in [1.54, 1.807) is 25.1 Å². The second kappa shape index (κ2) is 6.97. The molecule has 23 heavy (non-hydrogen) atoms. The quantitative estimate of drug-likeness (QED) is 0.728. The number of benzene rings is 1. The molecular formula is C15H20ClNO5S. The van der Waals surface area contributed by atoms with Gasteiger partial charge in [0.15, 0.2) is 20.5 Å². The van der Waals surface area contributed by atoms with Crippen molar-refractivity contribution in [3.05, 3.63) is 23.8 Å². The summed E-state index contributed by atoms with van der Waals surface area (Å²) in [6.07, 6.45) is 0.151. The molecule has 0 amide bonds. The topological polar surface area (TPSA) is 74.2 Å². The highest BCUT2D eigenvalue weighted by Gasteiger charge is 2.39. The van der Waals surface area contributed by atoms with E-state index < -0.39 is 15.4 Å². The summed E-state index contributed by atoms with van der Waals surface area (Å²) in [6, 6.07) is 5.16. The molecule has 0 N–H and O–H groups in total. The predicted molar refractivity (Wildman–Crippen MR) is 89.0 cm³/mol. The molecule has 1 atom stereocenters. The molecule has 0 fully saturated rings. The van der Waals surface area contributed by atoms with E-state index in [1.165, 1.54) is 7.11 Å². The molecular weight excluding hydrogens is 342 g/mol. The summed E-state index contributed by atoms with van der Waals surface area (Å²) in [5.41, 5.74) is -0.313. The summed E-state index contributed by atoms with van der Waals surface area (Å²) in [4.78, 5) is 5.17. The number of sulfone groups is 1. The van der Waals surface area contributed by atoms with Gasteiger partial charge < -0.3 is 14.3 Å². The third-order valence-corrected chi connectivity index (χ3v) is 5.65. The summed E-state index contributed by atoms with van der Waals surface area (Å²) >= 11 is 5.81. The molecule has 1 aliphatic heterocycles. The Kier molecular flexibility index (Phi) is 5.41. The third kappa shape index (κ3) is 3.90. The van der Waals surface area contributed by atoms with Crippen LogP contribution in [0.15, 0.2) is 23.4 Å². The highest BCUT2D eigenvalue weighted by molar-refractivity contribution is 8.05. The maximum Gasteiger partial charge on any atom is 0.199 e. The van der Waals surface area contributed by atoms with E-state index in [9.17, 15) is 8.42 Å². The number of ether oxygens (including phenoxy) is 2. The molecule has 0 radical (unpaired) electrons. The predicted octanol–water partition coefficient (Wildman–Crippen LogP) is 2.74. The van der Waals surface area contributed by atoms with Crippen molar-refractivity contribution in [1.29, 1.82) is 0 Å². The zero-order valence-electron chi connectivity index (χ0n) is 13.3. The van der Waals surface area contributed by atoms with Gasteiger partial charge in [-0.05, 0) is 26.0 Å². The largest absolute Gasteiger partial charge is 0.496 e. The minimum atomic E-state index is -3.66. The van der Waals surface area contributed by atoms with Crippen molar-refractivity contribution in [1.82, 2.24) is 0 Å². The van der Waals surface area contributed by atoms with Gasteiger partial charge in [-0.3, -0.25) is 0 Å². The third-order valence-electron chi connectivity index (χ3n) is 3.48. The fourth-order valence-electron chi connectivity index (χ4n) is 2.23. The Hall–Kier alpha value is -1.47. The van der Waals surface area contributed by atoms with Gasteiger partial charge in [0.25, 0.3) is 0 Å². The molecule has 8 heteroatoms. The number of alkyl halides is 1. The average molecular weight is 362 g/mol. The lowest BCUT2D eigenvalue weighted by Gasteiger charge is -2.17. The van der Waals surface area contributed by atoms with Crippen LogP contribution in [0.1, 0.15) is 25.8 Å². The van der Waals surface area contributed by atoms with Crippen molar-refractivity contribution >= 4 is 26.5 Å². The zero-order chi connectivity index (χ0) is 17.1. The number of halogens is 1. The number of hydrogen-bond donors (Lipinski definition) is 0. The monoisotopic (exact) mass is 361 g/mol. The van der Waals surface area contributed by atoms with Crippen LogP contribution < -0.4 is 9.47 Å². The Morgan fingerprint density at radius 1 is 1.39 bits per heavy atom. The van der Waals surface area contributed by atoms with Crippen molar-refractivity contribution in [3.63, 3.8) is 0 Å². The van der Waals surface area contributed by atoms with Crippen LogP contribution in [0.5, 0.6) is 11.5 Å². The Bertz CT molecular complexity index is 704. The number of oxime groups is 1. The second-order valence-electron chi connectivity index (χ2n) is 5.47. The fraction of sp³-hybridized carbons (Fsp3) is 0.533. The summed E-state index contributed by atoms with van der Waals surface area (Å²) in [5, 5.41) is 3.72. The fourth-order valence-corrected chi connectivity index (χ4v) is 3.88. The van der Waals surface area contributed by atoms with Crippen molar-refractivity contribution in [3.8, 4) is 11.5 Å². The van der Waals surface area contributed by atoms with E-state index in [4.69, 9.17) is 25.9 Å². The van der Waals surface area contributed by atoms with Crippen LogP contribution in [0, 0.1) is 0 Å². The van der Waals surface area contributed by atoms with Crippen molar-refractivity contribution in [2.75, 3.05) is 19.6 Å². The first kappa shape index (κ1) is 17.9. The smallest absolute Gasteiger partial charge is 0.199 e. The van der Waals surface area contributed by atoms with Gasteiger partial charge in [-0.2, -0.15) is 0 Å². The van der Waals surface area contributed by atoms with Crippen LogP contribution in [0.25, 0.3) is 0 Å². The van der Waals surface area contributed by atoms with Crippen LogP contribution in [0.4, 0.5) is 0 Å². The molecule has 2 rings (SSSR count). The first-order valence-corrected chi connectivity index (χ1v) is 9.36. The summed E-state index contributed by atoms with van der Waals surface area (Å²) < 4.78 is 36.1. The number of methoxy groups -OCH3 is 1. The van der Waals surface area contributed by atoms with Crippen LogP contribution >= 0.6 is 11.6 Å². The standard InChI is InChI=1S/C15H20ClNO5S/c1-4-21-13-7-5-6-12(20-3)11(13)9-23(18,19)14-8-15(2,10-16)22-17-14/h5-7H,4,8-10H2,1-3H3. The van der Waals surface area contributed by atoms with Gasteiger partial charge in [-0.15, -0.1) is 11.6 Å². The van der Waals surface area contributed by atoms with Gasteiger partial charge in [-0.25, -0.2) is 8.42 Å². The molecule has 0 spiro atoms. The Labute approximate surface area is 141 Å². The van der Waals surface area contributed by atoms with Crippen LogP contribution in [0.2, 0.25) is 0 Å². The lowest BCUT2D eigenvalue weighted by Crippen LogP contribution is -2.28. The summed E-state index contributed by atoms with van der Waals surface area (Å²) in [7, 11) is -2.17. The lowest BCUT2D eigenvalue weighted by molar-refractivity contribution is 0.0152. The van der Waals surface area contributed by atoms with Crippen molar-refractivity contribution in [2.45, 2.75) is 31.6 Å². The molecule has 0 saturated heterocycles. The van der Waals surface area contributed by atoms with Gasteiger partial charge in [0.05, 0.1) is 30.9 Å². The van der Waals surface area contributed by atoms with Gasteiger partial charge >= 0.3 is 0 Å². The number of hydrogen-bond acceptors (Lipinski definition) is 6. The van der Waals surface area contributed by atoms with E-state index in [1.807, 2.05) is 6.92 Å². The Morgan fingerprint density at radius 3 is 2.65 bits per heavy atom. The summed E-state index contributed by atoms with van der Waals surface area (Å²) in [5.74, 6) is 0.829. The van der Waals surface area contributed by atoms with Crippen molar-refractivity contribution in [2.24, 2.45) is 5.16 Å². The van der Waals surface area contributed by atoms with Crippen LogP contribution in [-0.2, 0) is 20.4 Å². The minimum Gasteiger partial charge on any atom is -0.496 e. The normalized spacial score (nSPS) is 20.8. The molecule has 0 aliphatic carbocycles. The van der Waals surface area contributed by atoms with Gasteiger partial charge in [0.2, 0.25) is 0 Å². The molecule has 1 aliphatic rings. The first-order chi connectivity index (χ1) is 10.8. The Morgan fingerprint density at radius 2 is 2.09 bits per heavy atom. The van der Waals surface area contributed by atoms with E-state index in [0.29, 0.717) is 23.7 Å². The SMILES string of the molecule is CCOc1cccc(OC)c1CS(=O)(=O)C1=NOC(C)(CCl)C1. The molecule has 128 valence electrons. The molecule has 6 nitrogen and oxygen atoms in total. The summed E-state index contributed by atoms with van der Waals surface area (Å²) in [6.45, 7) is 3.98. The van der Waals surface area contributed by atoms with Crippen LogP contribution in [0.3, 0.4) is 0 Å². The van der Waals surface area contributed by atoms with Gasteiger partial charge in [0.1, 0.15) is 11.5 Å². The highest BCUT2D eigenvalue weighted by atomic mass is 35.5. The molecule has 0 saturated carbocycles. The average Bonchev–Trinajstić information content (AvgIpc) is 2.93. The maximum absolute atomic E-state index is 12.7. The van der Waals surface area contributed by atoms with Gasteiger partial charge in [-0.1, -0.05) is 11.2 Å². The lowest BCUT2D eigenvalue weighted by atomic mass is 10.1. The second-order valence-corrected chi connectivity index (χ2v) is 7.72. The van der Waals surface area contributed by atoms with E-state index in [0.717, 1.165) is 0 Å². The zero-order valence-corrected chi connectivity index (χ0v) is 14.9. The molecule has 1 aromatic rings. The minimum absolute atomic E-state index is 0.00555. The van der Waals surface area contributed by atoms with Crippen molar-refractivity contribution < 1.29 is 22.7 Å². The highest BCUT2D eigenvalue weighted by Crippen LogP contribution is 2.33. The molecule has 0 aromatic heterocycles. The van der Waals surface area contributed by atoms with E-state index in [-0.39, 0.29) is 23.1 Å². The number of rotatable bonds is 6. The molecule has 1 unspecified atom stereocenters. The van der Waals surface area contributed by atoms with Crippen LogP contribution in [-0.4, -0.2) is 38.7 Å². The Balaban J connectivity index is 2.31. The maximum atomic E-state index is 12.7. The van der Waals surface area contributed by atoms with E-state index in [2.05, 4.69) is 5.16 Å². The van der Waals surface area contributed by atoms with Gasteiger partial charge in [0, 0.05) is 6.42 Å². The molecule has 0 bridgehead atoms. The first-order valence-electron chi connectivity index (χ1n) is 7.17.